The van der Waals surface area contributed by atoms with Crippen molar-refractivity contribution in [2.45, 2.75) is 12.8 Å². The van der Waals surface area contributed by atoms with Gasteiger partial charge in [0.2, 0.25) is 11.8 Å². The summed E-state index contributed by atoms with van der Waals surface area (Å²) in [6.07, 6.45) is 0. The van der Waals surface area contributed by atoms with E-state index in [-0.39, 0.29) is 11.5 Å². The number of amides is 1. The van der Waals surface area contributed by atoms with E-state index in [0.717, 1.165) is 22.5 Å². The zero-order chi connectivity index (χ0) is 19.8. The summed E-state index contributed by atoms with van der Waals surface area (Å²) in [5, 5.41) is 4.63. The molecule has 0 saturated heterocycles. The molecule has 0 spiro atoms. The van der Waals surface area contributed by atoms with Crippen LogP contribution in [0.1, 0.15) is 22.7 Å². The minimum absolute atomic E-state index is 0.0158. The number of ether oxygens (including phenoxy) is 2. The van der Waals surface area contributed by atoms with E-state index in [4.69, 9.17) is 20.9 Å². The number of aryl methyl sites for hydroxylation is 1. The van der Waals surface area contributed by atoms with Gasteiger partial charge < -0.3 is 20.9 Å². The summed E-state index contributed by atoms with van der Waals surface area (Å²) in [5.74, 6) is 0.0654. The van der Waals surface area contributed by atoms with Gasteiger partial charge in [-0.15, -0.1) is 0 Å². The van der Waals surface area contributed by atoms with Crippen molar-refractivity contribution in [3.63, 3.8) is 0 Å². The van der Waals surface area contributed by atoms with Crippen molar-refractivity contribution in [3.05, 3.63) is 82.9 Å². The van der Waals surface area contributed by atoms with Crippen LogP contribution < -0.4 is 20.9 Å². The van der Waals surface area contributed by atoms with Gasteiger partial charge in [-0.25, -0.2) is 4.68 Å². The van der Waals surface area contributed by atoms with Gasteiger partial charge in [0.1, 0.15) is 5.75 Å². The summed E-state index contributed by atoms with van der Waals surface area (Å²) in [6.45, 7) is 1.87. The number of benzene rings is 2. The van der Waals surface area contributed by atoms with E-state index in [2.05, 4.69) is 5.10 Å². The summed E-state index contributed by atoms with van der Waals surface area (Å²) < 4.78 is 12.8. The standard InChI is InChI=1S/C21H20N4O3/c1-12-16-17(13-8-10-15(27-2)11-9-13)18(19(22)26)20(23)28-21(16)25(24-12)14-6-4-3-5-7-14/h3-11,17H,23H2,1-2H3,(H2,22,26)/t17-/m0/s1. The molecule has 0 radical (unpaired) electrons. The number of fused-ring (bicyclic) bond motifs is 1. The molecule has 2 aromatic carbocycles. The number of nitrogens with two attached hydrogens (primary N) is 2. The first-order valence-electron chi connectivity index (χ1n) is 8.77. The zero-order valence-corrected chi connectivity index (χ0v) is 15.5. The van der Waals surface area contributed by atoms with Crippen molar-refractivity contribution in [3.8, 4) is 17.3 Å². The van der Waals surface area contributed by atoms with Crippen LogP contribution in [-0.2, 0) is 4.79 Å². The topological polar surface area (TPSA) is 105 Å². The molecule has 0 aliphatic carbocycles. The number of nitrogens with zero attached hydrogens (tertiary/aromatic N) is 2. The van der Waals surface area contributed by atoms with Crippen LogP contribution in [0.25, 0.3) is 5.69 Å². The molecular formula is C21H20N4O3. The van der Waals surface area contributed by atoms with Crippen LogP contribution in [0.4, 0.5) is 0 Å². The second-order valence-electron chi connectivity index (χ2n) is 6.50. The second kappa shape index (κ2) is 6.77. The molecule has 0 saturated carbocycles. The third-order valence-corrected chi connectivity index (χ3v) is 4.83. The maximum Gasteiger partial charge on any atom is 0.250 e. The van der Waals surface area contributed by atoms with Gasteiger partial charge in [-0.2, -0.15) is 5.10 Å². The number of carbonyl (C=O) groups is 1. The van der Waals surface area contributed by atoms with E-state index >= 15 is 0 Å². The highest BCUT2D eigenvalue weighted by Crippen LogP contribution is 2.44. The fourth-order valence-electron chi connectivity index (χ4n) is 3.53. The number of rotatable bonds is 4. The molecular weight excluding hydrogens is 356 g/mol. The van der Waals surface area contributed by atoms with Gasteiger partial charge in [0.05, 0.1) is 35.5 Å². The Morgan fingerprint density at radius 2 is 1.82 bits per heavy atom. The molecule has 28 heavy (non-hydrogen) atoms. The highest BCUT2D eigenvalue weighted by atomic mass is 16.5. The quantitative estimate of drug-likeness (QED) is 0.727. The molecule has 0 unspecified atom stereocenters. The number of carbonyl (C=O) groups excluding carboxylic acids is 1. The Labute approximate surface area is 162 Å². The van der Waals surface area contributed by atoms with E-state index in [9.17, 15) is 4.79 Å². The number of primary amides is 1. The summed E-state index contributed by atoms with van der Waals surface area (Å²) >= 11 is 0. The molecule has 1 aliphatic heterocycles. The third-order valence-electron chi connectivity index (χ3n) is 4.83. The molecule has 142 valence electrons. The summed E-state index contributed by atoms with van der Waals surface area (Å²) in [4.78, 5) is 12.2. The van der Waals surface area contributed by atoms with Crippen LogP contribution in [-0.4, -0.2) is 22.8 Å². The molecule has 7 nitrogen and oxygen atoms in total. The van der Waals surface area contributed by atoms with Gasteiger partial charge in [0.15, 0.2) is 0 Å². The lowest BCUT2D eigenvalue weighted by Gasteiger charge is -2.26. The Morgan fingerprint density at radius 1 is 1.14 bits per heavy atom. The molecule has 2 heterocycles. The Morgan fingerprint density at radius 3 is 2.43 bits per heavy atom. The van der Waals surface area contributed by atoms with Gasteiger partial charge in [-0.1, -0.05) is 30.3 Å². The number of hydrogen-bond acceptors (Lipinski definition) is 5. The lowest BCUT2D eigenvalue weighted by atomic mass is 9.83. The van der Waals surface area contributed by atoms with Gasteiger partial charge in [0, 0.05) is 0 Å². The molecule has 1 aromatic heterocycles. The van der Waals surface area contributed by atoms with E-state index in [1.54, 1.807) is 11.8 Å². The average Bonchev–Trinajstić information content (AvgIpc) is 3.03. The Balaban J connectivity index is 1.94. The van der Waals surface area contributed by atoms with E-state index in [1.165, 1.54) is 0 Å². The first kappa shape index (κ1) is 17.7. The first-order valence-corrected chi connectivity index (χ1v) is 8.77. The van der Waals surface area contributed by atoms with Crippen LogP contribution in [0.15, 0.2) is 66.1 Å². The largest absolute Gasteiger partial charge is 0.497 e. The minimum atomic E-state index is -0.629. The summed E-state index contributed by atoms with van der Waals surface area (Å²) in [6, 6.07) is 17.0. The highest BCUT2D eigenvalue weighted by Gasteiger charge is 2.38. The van der Waals surface area contributed by atoms with Crippen molar-refractivity contribution >= 4 is 5.91 Å². The van der Waals surface area contributed by atoms with Crippen molar-refractivity contribution in [2.75, 3.05) is 7.11 Å². The molecule has 0 fully saturated rings. The van der Waals surface area contributed by atoms with E-state index in [0.29, 0.717) is 11.6 Å². The molecule has 4 N–H and O–H groups in total. The van der Waals surface area contributed by atoms with Gasteiger partial charge in [0.25, 0.3) is 5.91 Å². The van der Waals surface area contributed by atoms with Gasteiger partial charge in [-0.3, -0.25) is 4.79 Å². The number of para-hydroxylation sites is 1. The van der Waals surface area contributed by atoms with E-state index in [1.807, 2.05) is 61.5 Å². The Hall–Kier alpha value is -3.74. The fourth-order valence-corrected chi connectivity index (χ4v) is 3.53. The number of aromatic nitrogens is 2. The number of methoxy groups -OCH3 is 1. The molecule has 0 bridgehead atoms. The van der Waals surface area contributed by atoms with E-state index < -0.39 is 11.8 Å². The SMILES string of the molecule is COc1ccc([C@@H]2C(C(N)=O)=C(N)Oc3c2c(C)nn3-c2ccccc2)cc1. The normalized spacial score (nSPS) is 15.7. The molecule has 4 rings (SSSR count). The van der Waals surface area contributed by atoms with Crippen LogP contribution in [0, 0.1) is 6.92 Å². The zero-order valence-electron chi connectivity index (χ0n) is 15.5. The lowest BCUT2D eigenvalue weighted by Crippen LogP contribution is -2.30. The molecule has 1 amide bonds. The molecule has 1 aliphatic rings. The maximum absolute atomic E-state index is 12.2. The second-order valence-corrected chi connectivity index (χ2v) is 6.50. The van der Waals surface area contributed by atoms with Crippen LogP contribution in [0.2, 0.25) is 0 Å². The van der Waals surface area contributed by atoms with Crippen LogP contribution in [0.3, 0.4) is 0 Å². The van der Waals surface area contributed by atoms with Crippen LogP contribution in [0.5, 0.6) is 11.6 Å². The van der Waals surface area contributed by atoms with Crippen molar-refractivity contribution in [1.82, 2.24) is 9.78 Å². The maximum atomic E-state index is 12.2. The monoisotopic (exact) mass is 376 g/mol. The first-order chi connectivity index (χ1) is 13.5. The van der Waals surface area contributed by atoms with Crippen molar-refractivity contribution < 1.29 is 14.3 Å². The summed E-state index contributed by atoms with van der Waals surface area (Å²) in [5.41, 5.74) is 15.2. The van der Waals surface area contributed by atoms with Gasteiger partial charge >= 0.3 is 0 Å². The minimum Gasteiger partial charge on any atom is -0.497 e. The Kier molecular flexibility index (Phi) is 4.27. The molecule has 3 aromatic rings. The average molecular weight is 376 g/mol. The fraction of sp³-hybridized carbons (Fsp3) is 0.143. The van der Waals surface area contributed by atoms with Crippen molar-refractivity contribution in [2.24, 2.45) is 11.5 Å². The third kappa shape index (κ3) is 2.77. The molecule has 7 heteroatoms. The predicted octanol–water partition coefficient (Wildman–Crippen LogP) is 2.37. The van der Waals surface area contributed by atoms with Gasteiger partial charge in [-0.05, 0) is 36.8 Å². The summed E-state index contributed by atoms with van der Waals surface area (Å²) in [7, 11) is 1.60. The number of hydrogen-bond donors (Lipinski definition) is 2. The predicted molar refractivity (Wildman–Crippen MR) is 104 cm³/mol. The van der Waals surface area contributed by atoms with Crippen molar-refractivity contribution in [1.29, 1.82) is 0 Å². The highest BCUT2D eigenvalue weighted by molar-refractivity contribution is 5.95. The molecule has 1 atom stereocenters. The Bertz CT molecular complexity index is 1070. The van der Waals surface area contributed by atoms with Crippen LogP contribution >= 0.6 is 0 Å². The smallest absolute Gasteiger partial charge is 0.250 e. The lowest BCUT2D eigenvalue weighted by molar-refractivity contribution is -0.115.